The Morgan fingerprint density at radius 1 is 1.03 bits per heavy atom. The number of nitro groups is 1. The number of carbonyl (C=O) groups excluding carboxylic acids is 1. The average Bonchev–Trinajstić information content (AvgIpc) is 3.33. The first-order chi connectivity index (χ1) is 16.7. The van der Waals surface area contributed by atoms with E-state index in [1.165, 1.54) is 12.1 Å². The number of aromatic amines is 1. The molecule has 4 aromatic rings. The number of hydrogen-bond acceptors (Lipinski definition) is 6. The molecule has 2 N–H and O–H groups in total. The summed E-state index contributed by atoms with van der Waals surface area (Å²) in [5.41, 5.74) is 4.52. The molecule has 0 bridgehead atoms. The average molecular weight is 473 g/mol. The molecule has 178 valence electrons. The van der Waals surface area contributed by atoms with Crippen LogP contribution in [-0.4, -0.2) is 28.1 Å². The molecule has 35 heavy (non-hydrogen) atoms. The minimum Gasteiger partial charge on any atom is -0.497 e. The number of methoxy groups -OCH3 is 1. The molecule has 0 aliphatic rings. The minimum atomic E-state index is -0.534. The van der Waals surface area contributed by atoms with E-state index in [-0.39, 0.29) is 22.8 Å². The molecule has 0 saturated heterocycles. The molecule has 4 rings (SSSR count). The van der Waals surface area contributed by atoms with Gasteiger partial charge >= 0.3 is 0 Å². The summed E-state index contributed by atoms with van der Waals surface area (Å²) in [7, 11) is 1.57. The third-order valence-corrected chi connectivity index (χ3v) is 5.54. The van der Waals surface area contributed by atoms with Gasteiger partial charge in [0, 0.05) is 17.7 Å². The van der Waals surface area contributed by atoms with Crippen molar-refractivity contribution < 1.29 is 19.2 Å². The molecule has 0 atom stereocenters. The third kappa shape index (κ3) is 5.30. The SMILES string of the molecule is COc1cccc(-c2cc(C(=O)Nc3cc(Oc4cc(C)cc(C)c4C)cc([N+](=O)[O-])c3)[nH]n2)c1. The van der Waals surface area contributed by atoms with E-state index in [4.69, 9.17) is 9.47 Å². The number of nitro benzene ring substituents is 1. The molecule has 0 spiro atoms. The molecule has 0 aliphatic carbocycles. The van der Waals surface area contributed by atoms with Crippen molar-refractivity contribution in [2.24, 2.45) is 0 Å². The van der Waals surface area contributed by atoms with E-state index in [0.29, 0.717) is 17.2 Å². The van der Waals surface area contributed by atoms with Crippen LogP contribution in [0.2, 0.25) is 0 Å². The van der Waals surface area contributed by atoms with Crippen molar-refractivity contribution in [3.05, 3.63) is 93.2 Å². The number of nitrogens with zero attached hydrogens (tertiary/aromatic N) is 2. The predicted octanol–water partition coefficient (Wildman–Crippen LogP) is 5.96. The number of rotatable bonds is 7. The summed E-state index contributed by atoms with van der Waals surface area (Å²) in [6.45, 7) is 5.84. The maximum atomic E-state index is 12.9. The van der Waals surface area contributed by atoms with Crippen molar-refractivity contribution >= 4 is 17.3 Å². The van der Waals surface area contributed by atoms with E-state index < -0.39 is 10.8 Å². The minimum absolute atomic E-state index is 0.196. The van der Waals surface area contributed by atoms with Crippen LogP contribution in [-0.2, 0) is 0 Å². The van der Waals surface area contributed by atoms with Gasteiger partial charge in [0.15, 0.2) is 0 Å². The standard InChI is InChI=1S/C26H24N4O5/c1-15-8-16(2)17(3)25(9-15)35-22-12-19(11-20(13-22)30(32)33)27-26(31)24-14-23(28-29-24)18-6-5-7-21(10-18)34-4/h5-14H,1-4H3,(H,27,31)(H,28,29). The first-order valence-electron chi connectivity index (χ1n) is 10.8. The van der Waals surface area contributed by atoms with Crippen molar-refractivity contribution in [1.29, 1.82) is 0 Å². The molecular weight excluding hydrogens is 448 g/mol. The second kappa shape index (κ2) is 9.68. The topological polar surface area (TPSA) is 119 Å². The fraction of sp³-hybridized carbons (Fsp3) is 0.154. The van der Waals surface area contributed by atoms with Gasteiger partial charge in [0.25, 0.3) is 11.6 Å². The number of hydrogen-bond donors (Lipinski definition) is 2. The molecule has 1 heterocycles. The van der Waals surface area contributed by atoms with Crippen LogP contribution < -0.4 is 14.8 Å². The zero-order valence-corrected chi connectivity index (χ0v) is 19.7. The monoisotopic (exact) mass is 472 g/mol. The van der Waals surface area contributed by atoms with Crippen molar-refractivity contribution in [1.82, 2.24) is 10.2 Å². The zero-order chi connectivity index (χ0) is 25.1. The van der Waals surface area contributed by atoms with Crippen molar-refractivity contribution in [3.63, 3.8) is 0 Å². The van der Waals surface area contributed by atoms with Gasteiger partial charge in [-0.05, 0) is 61.7 Å². The number of aromatic nitrogens is 2. The van der Waals surface area contributed by atoms with Crippen LogP contribution in [0.1, 0.15) is 27.2 Å². The van der Waals surface area contributed by atoms with Gasteiger partial charge in [-0.3, -0.25) is 20.0 Å². The third-order valence-electron chi connectivity index (χ3n) is 5.54. The van der Waals surface area contributed by atoms with E-state index >= 15 is 0 Å². The smallest absolute Gasteiger partial charge is 0.275 e. The lowest BCUT2D eigenvalue weighted by atomic mass is 10.1. The Hall–Kier alpha value is -4.66. The maximum absolute atomic E-state index is 12.9. The highest BCUT2D eigenvalue weighted by atomic mass is 16.6. The number of anilines is 1. The van der Waals surface area contributed by atoms with Crippen molar-refractivity contribution in [2.75, 3.05) is 12.4 Å². The van der Waals surface area contributed by atoms with E-state index in [1.54, 1.807) is 25.3 Å². The zero-order valence-electron chi connectivity index (χ0n) is 19.7. The Labute approximate surface area is 201 Å². The molecule has 9 heteroatoms. The second-order valence-electron chi connectivity index (χ2n) is 8.13. The molecule has 1 amide bonds. The van der Waals surface area contributed by atoms with Crippen LogP contribution in [0.25, 0.3) is 11.3 Å². The van der Waals surface area contributed by atoms with Crippen LogP contribution >= 0.6 is 0 Å². The number of non-ortho nitro benzene ring substituents is 1. The van der Waals surface area contributed by atoms with Gasteiger partial charge in [-0.25, -0.2) is 0 Å². The number of carbonyl (C=O) groups is 1. The van der Waals surface area contributed by atoms with E-state index in [2.05, 4.69) is 15.5 Å². The first kappa shape index (κ1) is 23.5. The summed E-state index contributed by atoms with van der Waals surface area (Å²) < 4.78 is 11.2. The van der Waals surface area contributed by atoms with Gasteiger partial charge in [0.05, 0.1) is 29.5 Å². The fourth-order valence-electron chi connectivity index (χ4n) is 3.62. The molecule has 1 aromatic heterocycles. The van der Waals surface area contributed by atoms with Crippen LogP contribution in [0.3, 0.4) is 0 Å². The number of benzene rings is 3. The Kier molecular flexibility index (Phi) is 6.50. The Morgan fingerprint density at radius 3 is 2.57 bits per heavy atom. The summed E-state index contributed by atoms with van der Waals surface area (Å²) in [6, 6.07) is 16.9. The summed E-state index contributed by atoms with van der Waals surface area (Å²) >= 11 is 0. The number of nitrogens with one attached hydrogen (secondary N) is 2. The molecule has 0 radical (unpaired) electrons. The maximum Gasteiger partial charge on any atom is 0.275 e. The van der Waals surface area contributed by atoms with E-state index in [0.717, 1.165) is 22.3 Å². The number of H-pyrrole nitrogens is 1. The van der Waals surface area contributed by atoms with Crippen LogP contribution in [0.15, 0.2) is 60.7 Å². The summed E-state index contributed by atoms with van der Waals surface area (Å²) in [5.74, 6) is 1.00. The lowest BCUT2D eigenvalue weighted by molar-refractivity contribution is -0.384. The Morgan fingerprint density at radius 2 is 1.83 bits per heavy atom. The highest BCUT2D eigenvalue weighted by Crippen LogP contribution is 2.33. The fourth-order valence-corrected chi connectivity index (χ4v) is 3.62. The van der Waals surface area contributed by atoms with Gasteiger partial charge in [-0.15, -0.1) is 0 Å². The largest absolute Gasteiger partial charge is 0.497 e. The molecule has 0 unspecified atom stereocenters. The van der Waals surface area contributed by atoms with E-state index in [1.807, 2.05) is 51.1 Å². The molecule has 0 saturated carbocycles. The Bertz CT molecular complexity index is 1430. The summed E-state index contributed by atoms with van der Waals surface area (Å²) in [4.78, 5) is 23.8. The lowest BCUT2D eigenvalue weighted by Crippen LogP contribution is -2.12. The molecule has 9 nitrogen and oxygen atoms in total. The van der Waals surface area contributed by atoms with Gasteiger partial charge in [0.2, 0.25) is 0 Å². The molecular formula is C26H24N4O5. The normalized spacial score (nSPS) is 10.6. The van der Waals surface area contributed by atoms with Crippen LogP contribution in [0.5, 0.6) is 17.2 Å². The van der Waals surface area contributed by atoms with Gasteiger partial charge < -0.3 is 14.8 Å². The van der Waals surface area contributed by atoms with Crippen molar-refractivity contribution in [3.8, 4) is 28.5 Å². The first-order valence-corrected chi connectivity index (χ1v) is 10.8. The lowest BCUT2D eigenvalue weighted by Gasteiger charge is -2.13. The van der Waals surface area contributed by atoms with Gasteiger partial charge in [-0.1, -0.05) is 18.2 Å². The number of ether oxygens (including phenoxy) is 2. The predicted molar refractivity (Wildman–Crippen MR) is 132 cm³/mol. The second-order valence-corrected chi connectivity index (χ2v) is 8.13. The molecule has 3 aromatic carbocycles. The van der Waals surface area contributed by atoms with Gasteiger partial charge in [-0.2, -0.15) is 5.10 Å². The van der Waals surface area contributed by atoms with E-state index in [9.17, 15) is 14.9 Å². The van der Waals surface area contributed by atoms with Gasteiger partial charge in [0.1, 0.15) is 22.9 Å². The number of aryl methyl sites for hydroxylation is 2. The summed E-state index contributed by atoms with van der Waals surface area (Å²) in [6.07, 6.45) is 0. The highest BCUT2D eigenvalue weighted by molar-refractivity contribution is 6.03. The molecule has 0 fully saturated rings. The summed E-state index contributed by atoms with van der Waals surface area (Å²) in [5, 5.41) is 21.1. The highest BCUT2D eigenvalue weighted by Gasteiger charge is 2.17. The molecule has 0 aliphatic heterocycles. The Balaban J connectivity index is 1.59. The quantitative estimate of drug-likeness (QED) is 0.253. The number of amides is 1. The van der Waals surface area contributed by atoms with Crippen LogP contribution in [0, 0.1) is 30.9 Å². The van der Waals surface area contributed by atoms with Crippen molar-refractivity contribution in [2.45, 2.75) is 20.8 Å². The van der Waals surface area contributed by atoms with Crippen LogP contribution in [0.4, 0.5) is 11.4 Å².